The van der Waals surface area contributed by atoms with Gasteiger partial charge in [-0.3, -0.25) is 9.59 Å². The van der Waals surface area contributed by atoms with E-state index in [-0.39, 0.29) is 24.3 Å². The van der Waals surface area contributed by atoms with Crippen molar-refractivity contribution >= 4 is 34.8 Å². The lowest BCUT2D eigenvalue weighted by atomic mass is 10.0. The maximum absolute atomic E-state index is 13.5. The predicted octanol–water partition coefficient (Wildman–Crippen LogP) is 5.47. The van der Waals surface area contributed by atoms with Gasteiger partial charge in [0.2, 0.25) is 5.91 Å². The molecule has 1 aromatic heterocycles. The monoisotopic (exact) mass is 482 g/mol. The average molecular weight is 483 g/mol. The van der Waals surface area contributed by atoms with Crippen LogP contribution in [0.1, 0.15) is 46.1 Å². The van der Waals surface area contributed by atoms with Crippen molar-refractivity contribution in [2.75, 3.05) is 13.2 Å². The lowest BCUT2D eigenvalue weighted by Crippen LogP contribution is -2.39. The molecule has 1 aliphatic heterocycles. The molecule has 4 rings (SSSR count). The molecule has 2 aromatic carbocycles. The molecule has 2 amide bonds. The van der Waals surface area contributed by atoms with Crippen LogP contribution in [0.4, 0.5) is 0 Å². The van der Waals surface area contributed by atoms with Gasteiger partial charge in [-0.15, -0.1) is 11.3 Å². The summed E-state index contributed by atoms with van der Waals surface area (Å²) in [6.07, 6.45) is 2.19. The largest absolute Gasteiger partial charge is 0.376 e. The molecule has 2 unspecified atom stereocenters. The highest BCUT2D eigenvalue weighted by molar-refractivity contribution is 7.09. The quantitative estimate of drug-likeness (QED) is 0.440. The Kier molecular flexibility index (Phi) is 8.15. The number of benzene rings is 2. The van der Waals surface area contributed by atoms with Crippen molar-refractivity contribution in [3.05, 3.63) is 93.1 Å². The molecular formula is C26H27ClN2O3S. The number of carbonyl (C=O) groups excluding carboxylic acids is 2. The van der Waals surface area contributed by atoms with Crippen LogP contribution < -0.4 is 5.32 Å². The summed E-state index contributed by atoms with van der Waals surface area (Å²) in [6, 6.07) is 20.1. The van der Waals surface area contributed by atoms with Crippen molar-refractivity contribution in [3.8, 4) is 0 Å². The number of carbonyl (C=O) groups is 2. The van der Waals surface area contributed by atoms with Crippen molar-refractivity contribution in [1.29, 1.82) is 0 Å². The van der Waals surface area contributed by atoms with Crippen LogP contribution in [-0.4, -0.2) is 36.0 Å². The fourth-order valence-corrected chi connectivity index (χ4v) is 4.94. The van der Waals surface area contributed by atoms with Gasteiger partial charge in [-0.1, -0.05) is 60.1 Å². The lowest BCUT2D eigenvalue weighted by molar-refractivity contribution is -0.134. The van der Waals surface area contributed by atoms with Gasteiger partial charge in [0.1, 0.15) is 0 Å². The molecule has 172 valence electrons. The van der Waals surface area contributed by atoms with E-state index in [1.807, 2.05) is 52.7 Å². The summed E-state index contributed by atoms with van der Waals surface area (Å²) in [4.78, 5) is 29.5. The summed E-state index contributed by atoms with van der Waals surface area (Å²) < 4.78 is 5.80. The maximum Gasteiger partial charge on any atom is 0.253 e. The van der Waals surface area contributed by atoms with Gasteiger partial charge in [0, 0.05) is 18.0 Å². The zero-order valence-electron chi connectivity index (χ0n) is 18.3. The number of hydrogen-bond donors (Lipinski definition) is 1. The summed E-state index contributed by atoms with van der Waals surface area (Å²) in [5.74, 6) is -0.321. The van der Waals surface area contributed by atoms with Crippen molar-refractivity contribution < 1.29 is 14.3 Å². The van der Waals surface area contributed by atoms with Gasteiger partial charge in [-0.2, -0.15) is 0 Å². The zero-order chi connectivity index (χ0) is 23.0. The van der Waals surface area contributed by atoms with E-state index in [2.05, 4.69) is 5.32 Å². The van der Waals surface area contributed by atoms with Crippen molar-refractivity contribution in [1.82, 2.24) is 10.2 Å². The summed E-state index contributed by atoms with van der Waals surface area (Å²) >= 11 is 7.86. The zero-order valence-corrected chi connectivity index (χ0v) is 19.9. The Hall–Kier alpha value is -2.67. The van der Waals surface area contributed by atoms with Crippen LogP contribution in [0.25, 0.3) is 0 Å². The molecule has 7 heteroatoms. The lowest BCUT2D eigenvalue weighted by Gasteiger charge is -2.28. The Labute approximate surface area is 203 Å². The normalized spacial score (nSPS) is 16.3. The number of amides is 2. The van der Waals surface area contributed by atoms with Crippen LogP contribution in [0.5, 0.6) is 0 Å². The van der Waals surface area contributed by atoms with Gasteiger partial charge in [-0.05, 0) is 42.0 Å². The highest BCUT2D eigenvalue weighted by atomic mass is 35.5. The Balaban J connectivity index is 1.53. The SMILES string of the molecule is O=C(NC(CC(=O)N(Cc1cccs1)CC1CCCO1)c1ccccc1)c1ccccc1Cl. The molecule has 0 spiro atoms. The van der Waals surface area contributed by atoms with Crippen molar-refractivity contribution in [2.24, 2.45) is 0 Å². The van der Waals surface area contributed by atoms with E-state index in [0.29, 0.717) is 23.7 Å². The van der Waals surface area contributed by atoms with Gasteiger partial charge < -0.3 is 15.0 Å². The van der Waals surface area contributed by atoms with Crippen molar-refractivity contribution in [3.63, 3.8) is 0 Å². The first-order valence-corrected chi connectivity index (χ1v) is 12.4. The van der Waals surface area contributed by atoms with E-state index in [4.69, 9.17) is 16.3 Å². The summed E-state index contributed by atoms with van der Waals surface area (Å²) in [5, 5.41) is 5.42. The van der Waals surface area contributed by atoms with E-state index < -0.39 is 6.04 Å². The van der Waals surface area contributed by atoms with Gasteiger partial charge in [0.05, 0.1) is 35.7 Å². The van der Waals surface area contributed by atoms with Crippen LogP contribution in [0, 0.1) is 0 Å². The van der Waals surface area contributed by atoms with E-state index in [0.717, 1.165) is 29.9 Å². The number of hydrogen-bond acceptors (Lipinski definition) is 4. The number of thiophene rings is 1. The average Bonchev–Trinajstić information content (AvgIpc) is 3.53. The van der Waals surface area contributed by atoms with Crippen LogP contribution in [0.2, 0.25) is 5.02 Å². The van der Waals surface area contributed by atoms with E-state index in [1.165, 1.54) is 0 Å². The van der Waals surface area contributed by atoms with Crippen LogP contribution in [0.15, 0.2) is 72.1 Å². The van der Waals surface area contributed by atoms with Gasteiger partial charge in [-0.25, -0.2) is 0 Å². The molecule has 2 atom stereocenters. The summed E-state index contributed by atoms with van der Waals surface area (Å²) in [6.45, 7) is 1.83. The first kappa shape index (κ1) is 23.5. The third-order valence-electron chi connectivity index (χ3n) is 5.73. The number of rotatable bonds is 9. The second-order valence-electron chi connectivity index (χ2n) is 8.11. The Morgan fingerprint density at radius 3 is 2.58 bits per heavy atom. The molecule has 0 saturated carbocycles. The molecule has 33 heavy (non-hydrogen) atoms. The third-order valence-corrected chi connectivity index (χ3v) is 6.92. The van der Waals surface area contributed by atoms with Gasteiger partial charge in [0.15, 0.2) is 0 Å². The molecule has 1 fully saturated rings. The summed E-state index contributed by atoms with van der Waals surface area (Å²) in [5.41, 5.74) is 1.27. The second kappa shape index (κ2) is 11.5. The third kappa shape index (κ3) is 6.44. The first-order valence-electron chi connectivity index (χ1n) is 11.1. The highest BCUT2D eigenvalue weighted by Gasteiger charge is 2.27. The molecule has 3 aromatic rings. The molecule has 1 N–H and O–H groups in total. The number of nitrogens with zero attached hydrogens (tertiary/aromatic N) is 1. The highest BCUT2D eigenvalue weighted by Crippen LogP contribution is 2.23. The predicted molar refractivity (Wildman–Crippen MR) is 131 cm³/mol. The number of ether oxygens (including phenoxy) is 1. The fraction of sp³-hybridized carbons (Fsp3) is 0.308. The fourth-order valence-electron chi connectivity index (χ4n) is 4.00. The van der Waals surface area contributed by atoms with Crippen LogP contribution in [-0.2, 0) is 16.1 Å². The number of nitrogens with one attached hydrogen (secondary N) is 1. The Bertz CT molecular complexity index is 1050. The Morgan fingerprint density at radius 1 is 1.09 bits per heavy atom. The van der Waals surface area contributed by atoms with Gasteiger partial charge >= 0.3 is 0 Å². The molecule has 2 heterocycles. The molecule has 1 saturated heterocycles. The van der Waals surface area contributed by atoms with Crippen LogP contribution in [0.3, 0.4) is 0 Å². The molecule has 0 radical (unpaired) electrons. The van der Waals surface area contributed by atoms with Crippen molar-refractivity contribution in [2.45, 2.75) is 38.0 Å². The minimum absolute atomic E-state index is 0.0211. The second-order valence-corrected chi connectivity index (χ2v) is 9.55. The minimum atomic E-state index is -0.474. The van der Waals surface area contributed by atoms with E-state index in [1.54, 1.807) is 35.6 Å². The molecule has 0 bridgehead atoms. The maximum atomic E-state index is 13.5. The van der Waals surface area contributed by atoms with E-state index in [9.17, 15) is 9.59 Å². The molecule has 5 nitrogen and oxygen atoms in total. The molecular weight excluding hydrogens is 456 g/mol. The summed E-state index contributed by atoms with van der Waals surface area (Å²) in [7, 11) is 0. The van der Waals surface area contributed by atoms with Gasteiger partial charge in [0.25, 0.3) is 5.91 Å². The molecule has 1 aliphatic rings. The first-order chi connectivity index (χ1) is 16.1. The topological polar surface area (TPSA) is 58.6 Å². The van der Waals surface area contributed by atoms with Crippen LogP contribution >= 0.6 is 22.9 Å². The standard InChI is InChI=1S/C26H27ClN2O3S/c27-23-13-5-4-12-22(23)26(31)28-24(19-8-2-1-3-9-19)16-25(30)29(17-20-10-6-14-32-20)18-21-11-7-15-33-21/h1-5,7-9,11-13,15,20,24H,6,10,14,16-18H2,(H,28,31). The smallest absolute Gasteiger partial charge is 0.253 e. The molecule has 0 aliphatic carbocycles. The minimum Gasteiger partial charge on any atom is -0.376 e. The van der Waals surface area contributed by atoms with E-state index >= 15 is 0 Å². The number of halogens is 1. The Morgan fingerprint density at radius 2 is 1.88 bits per heavy atom.